The van der Waals surface area contributed by atoms with Gasteiger partial charge >= 0.3 is 0 Å². The first-order chi connectivity index (χ1) is 13.0. The van der Waals surface area contributed by atoms with E-state index in [2.05, 4.69) is 65.4 Å². The molecular formula is C23H31N3O. The minimum atomic E-state index is -0.108. The second-order valence-corrected chi connectivity index (χ2v) is 7.58. The Balaban J connectivity index is 1.45. The second-order valence-electron chi connectivity index (χ2n) is 7.58. The maximum Gasteiger partial charge on any atom is 0.241 e. The fourth-order valence-electron chi connectivity index (χ4n) is 3.54. The van der Waals surface area contributed by atoms with Crippen molar-refractivity contribution >= 4 is 11.6 Å². The zero-order valence-corrected chi connectivity index (χ0v) is 16.7. The lowest BCUT2D eigenvalue weighted by molar-refractivity contribution is -0.121. The molecule has 0 spiro atoms. The maximum atomic E-state index is 12.6. The van der Waals surface area contributed by atoms with Crippen molar-refractivity contribution < 1.29 is 4.79 Å². The Bertz CT molecular complexity index is 751. The van der Waals surface area contributed by atoms with Crippen molar-refractivity contribution in [2.24, 2.45) is 0 Å². The van der Waals surface area contributed by atoms with Gasteiger partial charge in [-0.15, -0.1) is 0 Å². The van der Waals surface area contributed by atoms with Gasteiger partial charge in [-0.25, -0.2) is 0 Å². The number of hydrogen-bond acceptors (Lipinski definition) is 3. The Hall–Kier alpha value is -2.17. The highest BCUT2D eigenvalue weighted by Gasteiger charge is 2.25. The van der Waals surface area contributed by atoms with Crippen molar-refractivity contribution in [1.29, 1.82) is 0 Å². The number of carbonyl (C=O) groups excluding carboxylic acids is 1. The fraction of sp³-hybridized carbons (Fsp3) is 0.435. The lowest BCUT2D eigenvalue weighted by Crippen LogP contribution is -2.53. The van der Waals surface area contributed by atoms with Gasteiger partial charge in [0, 0.05) is 38.4 Å². The maximum absolute atomic E-state index is 12.6. The zero-order chi connectivity index (χ0) is 19.2. The van der Waals surface area contributed by atoms with E-state index < -0.39 is 0 Å². The molecule has 1 atom stereocenters. The van der Waals surface area contributed by atoms with E-state index in [4.69, 9.17) is 0 Å². The molecule has 1 aliphatic rings. The highest BCUT2D eigenvalue weighted by Crippen LogP contribution is 2.16. The molecule has 0 saturated carbocycles. The molecule has 0 bridgehead atoms. The monoisotopic (exact) mass is 365 g/mol. The van der Waals surface area contributed by atoms with Gasteiger partial charge in [-0.05, 0) is 56.0 Å². The van der Waals surface area contributed by atoms with Gasteiger partial charge in [0.25, 0.3) is 0 Å². The van der Waals surface area contributed by atoms with Crippen molar-refractivity contribution in [3.8, 4) is 0 Å². The molecule has 27 heavy (non-hydrogen) atoms. The van der Waals surface area contributed by atoms with E-state index in [9.17, 15) is 4.79 Å². The van der Waals surface area contributed by atoms with Crippen molar-refractivity contribution in [3.05, 3.63) is 65.2 Å². The fourth-order valence-corrected chi connectivity index (χ4v) is 3.54. The van der Waals surface area contributed by atoms with Crippen LogP contribution in [0.15, 0.2) is 48.5 Å². The van der Waals surface area contributed by atoms with Gasteiger partial charge in [0.1, 0.15) is 0 Å². The predicted molar refractivity (Wildman–Crippen MR) is 112 cm³/mol. The third-order valence-electron chi connectivity index (χ3n) is 5.67. The zero-order valence-electron chi connectivity index (χ0n) is 16.7. The summed E-state index contributed by atoms with van der Waals surface area (Å²) < 4.78 is 0. The Labute approximate surface area is 163 Å². The van der Waals surface area contributed by atoms with Crippen molar-refractivity contribution in [3.63, 3.8) is 0 Å². The molecule has 2 aromatic carbocycles. The number of nitrogens with zero attached hydrogens (tertiary/aromatic N) is 2. The van der Waals surface area contributed by atoms with Crippen molar-refractivity contribution in [1.82, 2.24) is 9.80 Å². The number of amides is 1. The smallest absolute Gasteiger partial charge is 0.241 e. The Morgan fingerprint density at radius 1 is 1.00 bits per heavy atom. The Kier molecular flexibility index (Phi) is 6.64. The van der Waals surface area contributed by atoms with Crippen LogP contribution in [0.5, 0.6) is 0 Å². The van der Waals surface area contributed by atoms with Crippen LogP contribution in [0.1, 0.15) is 23.6 Å². The van der Waals surface area contributed by atoms with E-state index in [1.165, 1.54) is 16.7 Å². The number of nitrogens with one attached hydrogen (secondary N) is 1. The molecule has 1 aliphatic heterocycles. The van der Waals surface area contributed by atoms with E-state index in [0.29, 0.717) is 0 Å². The minimum absolute atomic E-state index is 0.0796. The van der Waals surface area contributed by atoms with E-state index in [-0.39, 0.29) is 11.9 Å². The van der Waals surface area contributed by atoms with Crippen LogP contribution in [0.3, 0.4) is 0 Å². The van der Waals surface area contributed by atoms with Crippen LogP contribution in [0.2, 0.25) is 0 Å². The first kappa shape index (κ1) is 19.6. The molecular weight excluding hydrogens is 334 g/mol. The predicted octanol–water partition coefficient (Wildman–Crippen LogP) is 3.49. The van der Waals surface area contributed by atoms with E-state index in [1.807, 2.05) is 19.1 Å². The summed E-state index contributed by atoms with van der Waals surface area (Å²) in [5.74, 6) is 0.0796. The SMILES string of the molecule is Cc1ccc(NC(=O)C(C)N2CCN(CCc3ccccc3)CC2)cc1C. The Morgan fingerprint density at radius 3 is 2.37 bits per heavy atom. The van der Waals surface area contributed by atoms with Gasteiger partial charge in [0.15, 0.2) is 0 Å². The minimum Gasteiger partial charge on any atom is -0.325 e. The van der Waals surface area contributed by atoms with E-state index in [1.54, 1.807) is 0 Å². The van der Waals surface area contributed by atoms with Crippen LogP contribution in [0.25, 0.3) is 0 Å². The molecule has 0 aromatic heterocycles. The number of aryl methyl sites for hydroxylation is 2. The first-order valence-electron chi connectivity index (χ1n) is 9.91. The summed E-state index contributed by atoms with van der Waals surface area (Å²) in [5.41, 5.74) is 4.72. The number of anilines is 1. The molecule has 1 fully saturated rings. The summed E-state index contributed by atoms with van der Waals surface area (Å²) >= 11 is 0. The van der Waals surface area contributed by atoms with Crippen molar-refractivity contribution in [2.45, 2.75) is 33.2 Å². The van der Waals surface area contributed by atoms with E-state index >= 15 is 0 Å². The van der Waals surface area contributed by atoms with Crippen LogP contribution >= 0.6 is 0 Å². The Morgan fingerprint density at radius 2 is 1.70 bits per heavy atom. The summed E-state index contributed by atoms with van der Waals surface area (Å²) in [6.07, 6.45) is 1.09. The third-order valence-corrected chi connectivity index (χ3v) is 5.67. The molecule has 1 N–H and O–H groups in total. The van der Waals surface area contributed by atoms with Crippen LogP contribution in [0, 0.1) is 13.8 Å². The van der Waals surface area contributed by atoms with Crippen LogP contribution < -0.4 is 5.32 Å². The molecule has 1 saturated heterocycles. The molecule has 0 radical (unpaired) electrons. The van der Waals surface area contributed by atoms with Gasteiger partial charge in [0.05, 0.1) is 6.04 Å². The number of carbonyl (C=O) groups is 1. The molecule has 1 unspecified atom stereocenters. The van der Waals surface area contributed by atoms with Crippen LogP contribution in [-0.2, 0) is 11.2 Å². The number of hydrogen-bond donors (Lipinski definition) is 1. The molecule has 4 heteroatoms. The lowest BCUT2D eigenvalue weighted by atomic mass is 10.1. The molecule has 4 nitrogen and oxygen atoms in total. The summed E-state index contributed by atoms with van der Waals surface area (Å²) in [5, 5.41) is 3.07. The standard InChI is InChI=1S/C23H31N3O/c1-18-9-10-22(17-19(18)2)24-23(27)20(3)26-15-13-25(14-16-26)12-11-21-7-5-4-6-8-21/h4-10,17,20H,11-16H2,1-3H3,(H,24,27). The van der Waals surface area contributed by atoms with Crippen LogP contribution in [-0.4, -0.2) is 54.5 Å². The number of benzene rings is 2. The second kappa shape index (κ2) is 9.16. The molecule has 0 aliphatic carbocycles. The summed E-state index contributed by atoms with van der Waals surface area (Å²) in [6.45, 7) is 11.2. The molecule has 2 aromatic rings. The normalized spacial score (nSPS) is 16.9. The van der Waals surface area contributed by atoms with Gasteiger partial charge in [-0.1, -0.05) is 36.4 Å². The molecule has 1 amide bonds. The summed E-state index contributed by atoms with van der Waals surface area (Å²) in [6, 6.07) is 16.6. The lowest BCUT2D eigenvalue weighted by Gasteiger charge is -2.37. The summed E-state index contributed by atoms with van der Waals surface area (Å²) in [7, 11) is 0. The highest BCUT2D eigenvalue weighted by molar-refractivity contribution is 5.94. The average Bonchev–Trinajstić information content (AvgIpc) is 2.70. The largest absolute Gasteiger partial charge is 0.325 e. The van der Waals surface area contributed by atoms with Crippen LogP contribution in [0.4, 0.5) is 5.69 Å². The number of piperazine rings is 1. The quantitative estimate of drug-likeness (QED) is 0.851. The van der Waals surface area contributed by atoms with Gasteiger partial charge in [-0.3, -0.25) is 9.69 Å². The van der Waals surface area contributed by atoms with Crippen molar-refractivity contribution in [2.75, 3.05) is 38.0 Å². The van der Waals surface area contributed by atoms with E-state index in [0.717, 1.165) is 44.8 Å². The third kappa shape index (κ3) is 5.41. The molecule has 1 heterocycles. The molecule has 3 rings (SSSR count). The number of rotatable bonds is 6. The highest BCUT2D eigenvalue weighted by atomic mass is 16.2. The first-order valence-corrected chi connectivity index (χ1v) is 9.91. The van der Waals surface area contributed by atoms with Gasteiger partial charge in [-0.2, -0.15) is 0 Å². The topological polar surface area (TPSA) is 35.6 Å². The van der Waals surface area contributed by atoms with Gasteiger partial charge in [0.2, 0.25) is 5.91 Å². The van der Waals surface area contributed by atoms with Gasteiger partial charge < -0.3 is 10.2 Å². The molecule has 144 valence electrons. The average molecular weight is 366 g/mol. The summed E-state index contributed by atoms with van der Waals surface area (Å²) in [4.78, 5) is 17.4.